The Bertz CT molecular complexity index is 890. The van der Waals surface area contributed by atoms with E-state index in [0.717, 1.165) is 30.6 Å². The summed E-state index contributed by atoms with van der Waals surface area (Å²) in [7, 11) is -1.74. The van der Waals surface area contributed by atoms with Crippen molar-refractivity contribution in [2.45, 2.75) is 43.0 Å². The maximum Gasteiger partial charge on any atom is 0.243 e. The van der Waals surface area contributed by atoms with E-state index in [1.54, 1.807) is 23.5 Å². The molecule has 1 heterocycles. The summed E-state index contributed by atoms with van der Waals surface area (Å²) in [5.41, 5.74) is 3.58. The van der Waals surface area contributed by atoms with Gasteiger partial charge in [0.25, 0.3) is 0 Å². The summed E-state index contributed by atoms with van der Waals surface area (Å²) in [5, 5.41) is 0. The highest BCUT2D eigenvalue weighted by atomic mass is 32.2. The minimum Gasteiger partial charge on any atom is -0.496 e. The van der Waals surface area contributed by atoms with Crippen LogP contribution in [0, 0.1) is 6.92 Å². The second-order valence-electron chi connectivity index (χ2n) is 6.96. The molecule has 132 valence electrons. The van der Waals surface area contributed by atoms with Crippen LogP contribution in [0.1, 0.15) is 35.4 Å². The number of methoxy groups -OCH3 is 1. The summed E-state index contributed by atoms with van der Waals surface area (Å²) in [6, 6.07) is 13.4. The molecule has 5 heteroatoms. The van der Waals surface area contributed by atoms with E-state index < -0.39 is 10.0 Å². The lowest BCUT2D eigenvalue weighted by molar-refractivity contribution is 0.336. The number of ether oxygens (including phenoxy) is 1. The van der Waals surface area contributed by atoms with Gasteiger partial charge >= 0.3 is 0 Å². The molecule has 0 N–H and O–H groups in total. The summed E-state index contributed by atoms with van der Waals surface area (Å²) >= 11 is 0. The molecule has 0 saturated carbocycles. The molecule has 1 fully saturated rings. The Labute approximate surface area is 149 Å². The maximum atomic E-state index is 13.1. The zero-order chi connectivity index (χ0) is 17.6. The standard InChI is InChI=1S/C20H23NO3S/c1-14-6-8-15(9-7-14)25(22,23)21-13-12-17-16-4-3-5-20(24-2)18(16)10-11-19(17)21/h3-9,17,19H,10-13H2,1-2H3/t17-,19-/m0/s1. The minimum atomic E-state index is -3.44. The lowest BCUT2D eigenvalue weighted by Crippen LogP contribution is -2.39. The molecule has 0 unspecified atom stereocenters. The van der Waals surface area contributed by atoms with E-state index in [2.05, 4.69) is 6.07 Å². The Morgan fingerprint density at radius 3 is 2.56 bits per heavy atom. The van der Waals surface area contributed by atoms with Gasteiger partial charge in [0.2, 0.25) is 10.0 Å². The van der Waals surface area contributed by atoms with Crippen molar-refractivity contribution >= 4 is 10.0 Å². The van der Waals surface area contributed by atoms with Crippen LogP contribution < -0.4 is 4.74 Å². The quantitative estimate of drug-likeness (QED) is 0.845. The molecule has 0 radical (unpaired) electrons. The highest BCUT2D eigenvalue weighted by molar-refractivity contribution is 7.89. The van der Waals surface area contributed by atoms with Gasteiger partial charge in [0.15, 0.2) is 0 Å². The van der Waals surface area contributed by atoms with Crippen LogP contribution in [0.15, 0.2) is 47.4 Å². The van der Waals surface area contributed by atoms with Gasteiger partial charge in [0, 0.05) is 18.5 Å². The van der Waals surface area contributed by atoms with E-state index in [-0.39, 0.29) is 12.0 Å². The molecule has 4 nitrogen and oxygen atoms in total. The Balaban J connectivity index is 1.69. The molecule has 25 heavy (non-hydrogen) atoms. The van der Waals surface area contributed by atoms with E-state index in [1.165, 1.54) is 11.1 Å². The van der Waals surface area contributed by atoms with Gasteiger partial charge < -0.3 is 4.74 Å². The van der Waals surface area contributed by atoms with Gasteiger partial charge in [-0.3, -0.25) is 0 Å². The summed E-state index contributed by atoms with van der Waals surface area (Å²) in [4.78, 5) is 0.398. The monoisotopic (exact) mass is 357 g/mol. The Morgan fingerprint density at radius 1 is 1.08 bits per heavy atom. The molecule has 1 aliphatic carbocycles. The predicted octanol–water partition coefficient (Wildman–Crippen LogP) is 3.50. The van der Waals surface area contributed by atoms with Gasteiger partial charge in [-0.1, -0.05) is 29.8 Å². The van der Waals surface area contributed by atoms with Crippen molar-refractivity contribution < 1.29 is 13.2 Å². The van der Waals surface area contributed by atoms with Crippen LogP contribution in [-0.2, 0) is 16.4 Å². The van der Waals surface area contributed by atoms with E-state index >= 15 is 0 Å². The number of fused-ring (bicyclic) bond motifs is 3. The van der Waals surface area contributed by atoms with E-state index in [1.807, 2.05) is 31.2 Å². The fraction of sp³-hybridized carbons (Fsp3) is 0.400. The largest absolute Gasteiger partial charge is 0.496 e. The second kappa shape index (κ2) is 6.15. The SMILES string of the molecule is COc1cccc2c1CC[C@H]1[C@H]2CCN1S(=O)(=O)c1ccc(C)cc1. The van der Waals surface area contributed by atoms with Gasteiger partial charge in [-0.25, -0.2) is 8.42 Å². The van der Waals surface area contributed by atoms with Gasteiger partial charge in [-0.05, 0) is 55.5 Å². The van der Waals surface area contributed by atoms with Gasteiger partial charge in [0.05, 0.1) is 12.0 Å². The molecule has 0 bridgehead atoms. The average Bonchev–Trinajstić information content (AvgIpc) is 3.07. The number of nitrogens with zero attached hydrogens (tertiary/aromatic N) is 1. The number of benzene rings is 2. The lowest BCUT2D eigenvalue weighted by atomic mass is 9.79. The maximum absolute atomic E-state index is 13.1. The molecule has 0 spiro atoms. The van der Waals surface area contributed by atoms with E-state index in [9.17, 15) is 8.42 Å². The Kier molecular flexibility index (Phi) is 4.08. The van der Waals surface area contributed by atoms with Crippen molar-refractivity contribution in [2.75, 3.05) is 13.7 Å². The number of aryl methyl sites for hydroxylation is 1. The fourth-order valence-electron chi connectivity index (χ4n) is 4.36. The normalized spacial score (nSPS) is 23.1. The van der Waals surface area contributed by atoms with Crippen LogP contribution in [0.5, 0.6) is 5.75 Å². The minimum absolute atomic E-state index is 0.0471. The summed E-state index contributed by atoms with van der Waals surface area (Å²) < 4.78 is 33.5. The van der Waals surface area contributed by atoms with Crippen LogP contribution >= 0.6 is 0 Å². The van der Waals surface area contributed by atoms with Crippen molar-refractivity contribution in [1.29, 1.82) is 0 Å². The molecule has 2 aromatic carbocycles. The number of sulfonamides is 1. The number of hydrogen-bond acceptors (Lipinski definition) is 3. The van der Waals surface area contributed by atoms with Crippen LogP contribution in [0.25, 0.3) is 0 Å². The first kappa shape index (κ1) is 16.6. The predicted molar refractivity (Wildman–Crippen MR) is 97.5 cm³/mol. The summed E-state index contributed by atoms with van der Waals surface area (Å²) in [6.45, 7) is 2.55. The smallest absolute Gasteiger partial charge is 0.243 e. The van der Waals surface area contributed by atoms with E-state index in [0.29, 0.717) is 11.4 Å². The molecule has 1 aliphatic heterocycles. The first-order chi connectivity index (χ1) is 12.0. The molecular formula is C20H23NO3S. The lowest BCUT2D eigenvalue weighted by Gasteiger charge is -2.33. The van der Waals surface area contributed by atoms with Crippen LogP contribution in [0.3, 0.4) is 0 Å². The number of hydrogen-bond donors (Lipinski definition) is 0. The third kappa shape index (κ3) is 2.66. The fourth-order valence-corrected chi connectivity index (χ4v) is 6.06. The summed E-state index contributed by atoms with van der Waals surface area (Å²) in [6.07, 6.45) is 2.58. The van der Waals surface area contributed by atoms with Crippen molar-refractivity contribution in [1.82, 2.24) is 4.31 Å². The van der Waals surface area contributed by atoms with Gasteiger partial charge in [-0.15, -0.1) is 0 Å². The molecule has 2 atom stereocenters. The molecule has 4 rings (SSSR count). The third-order valence-electron chi connectivity index (χ3n) is 5.60. The van der Waals surface area contributed by atoms with Gasteiger partial charge in [-0.2, -0.15) is 4.31 Å². The summed E-state index contributed by atoms with van der Waals surface area (Å²) in [5.74, 6) is 1.19. The Morgan fingerprint density at radius 2 is 1.84 bits per heavy atom. The average molecular weight is 357 g/mol. The molecular weight excluding hydrogens is 334 g/mol. The van der Waals surface area contributed by atoms with Crippen molar-refractivity contribution in [2.24, 2.45) is 0 Å². The zero-order valence-corrected chi connectivity index (χ0v) is 15.4. The van der Waals surface area contributed by atoms with Crippen LogP contribution in [-0.4, -0.2) is 32.4 Å². The highest BCUT2D eigenvalue weighted by Crippen LogP contribution is 2.45. The molecule has 2 aromatic rings. The zero-order valence-electron chi connectivity index (χ0n) is 14.6. The van der Waals surface area contributed by atoms with Crippen LogP contribution in [0.2, 0.25) is 0 Å². The topological polar surface area (TPSA) is 46.6 Å². The Hall–Kier alpha value is -1.85. The van der Waals surface area contributed by atoms with Crippen LogP contribution in [0.4, 0.5) is 0 Å². The third-order valence-corrected chi connectivity index (χ3v) is 7.54. The molecule has 1 saturated heterocycles. The van der Waals surface area contributed by atoms with E-state index in [4.69, 9.17) is 4.74 Å². The molecule has 0 aromatic heterocycles. The second-order valence-corrected chi connectivity index (χ2v) is 8.85. The first-order valence-corrected chi connectivity index (χ1v) is 10.2. The molecule has 2 aliphatic rings. The van der Waals surface area contributed by atoms with Crippen molar-refractivity contribution in [3.05, 3.63) is 59.2 Å². The van der Waals surface area contributed by atoms with Crippen molar-refractivity contribution in [3.8, 4) is 5.75 Å². The first-order valence-electron chi connectivity index (χ1n) is 8.76. The number of rotatable bonds is 3. The molecule has 0 amide bonds. The van der Waals surface area contributed by atoms with Gasteiger partial charge in [0.1, 0.15) is 5.75 Å². The van der Waals surface area contributed by atoms with Crippen molar-refractivity contribution in [3.63, 3.8) is 0 Å². The highest BCUT2D eigenvalue weighted by Gasteiger charge is 2.44.